The van der Waals surface area contributed by atoms with Crippen LogP contribution < -0.4 is 0 Å². The van der Waals surface area contributed by atoms with Crippen LogP contribution in [0.25, 0.3) is 11.1 Å². The van der Waals surface area contributed by atoms with Crippen LogP contribution in [0.5, 0.6) is 0 Å². The van der Waals surface area contributed by atoms with E-state index < -0.39 is 17.7 Å². The monoisotopic (exact) mass is 297 g/mol. The Morgan fingerprint density at radius 1 is 1.33 bits per heavy atom. The van der Waals surface area contributed by atoms with E-state index in [9.17, 15) is 18.0 Å². The maximum absolute atomic E-state index is 12.8. The molecule has 0 aliphatic heterocycles. The summed E-state index contributed by atoms with van der Waals surface area (Å²) in [7, 11) is 0. The van der Waals surface area contributed by atoms with Gasteiger partial charge in [0.2, 0.25) is 0 Å². The van der Waals surface area contributed by atoms with Crippen molar-refractivity contribution in [2.75, 3.05) is 6.61 Å². The van der Waals surface area contributed by atoms with Crippen LogP contribution in [-0.2, 0) is 10.9 Å². The Hall–Kier alpha value is -2.24. The van der Waals surface area contributed by atoms with E-state index in [-0.39, 0.29) is 12.3 Å². The standard InChI is InChI=1S/C15H14F3NO2/c1-3-21-14(20)13-12(9(2)8-19-13)10-5-4-6-11(7-10)15(16,17)18/h4-8,19H,3H2,1-2H3. The van der Waals surface area contributed by atoms with Crippen molar-refractivity contribution in [1.29, 1.82) is 0 Å². The molecule has 0 bridgehead atoms. The number of aromatic amines is 1. The van der Waals surface area contributed by atoms with Crippen molar-refractivity contribution in [2.45, 2.75) is 20.0 Å². The summed E-state index contributed by atoms with van der Waals surface area (Å²) in [6.07, 6.45) is -2.85. The maximum atomic E-state index is 12.8. The van der Waals surface area contributed by atoms with Crippen LogP contribution >= 0.6 is 0 Å². The minimum atomic E-state index is -4.43. The molecule has 6 heteroatoms. The zero-order chi connectivity index (χ0) is 15.6. The molecule has 112 valence electrons. The third-order valence-corrected chi connectivity index (χ3v) is 3.04. The quantitative estimate of drug-likeness (QED) is 0.863. The zero-order valence-corrected chi connectivity index (χ0v) is 11.5. The molecule has 3 nitrogen and oxygen atoms in total. The molecule has 0 unspecified atom stereocenters. The Balaban J connectivity index is 2.52. The molecule has 0 spiro atoms. The van der Waals surface area contributed by atoms with Gasteiger partial charge in [0.1, 0.15) is 5.69 Å². The third kappa shape index (κ3) is 3.09. The maximum Gasteiger partial charge on any atom is 0.416 e. The molecule has 0 radical (unpaired) electrons. The second kappa shape index (κ2) is 5.63. The fourth-order valence-electron chi connectivity index (χ4n) is 2.11. The first-order valence-electron chi connectivity index (χ1n) is 6.37. The predicted molar refractivity (Wildman–Crippen MR) is 71.9 cm³/mol. The number of aromatic nitrogens is 1. The van der Waals surface area contributed by atoms with E-state index >= 15 is 0 Å². The number of aryl methyl sites for hydroxylation is 1. The molecule has 0 aliphatic rings. The smallest absolute Gasteiger partial charge is 0.416 e. The molecule has 2 rings (SSSR count). The predicted octanol–water partition coefficient (Wildman–Crippen LogP) is 4.19. The summed E-state index contributed by atoms with van der Waals surface area (Å²) < 4.78 is 43.3. The molecule has 1 aromatic heterocycles. The number of rotatable bonds is 3. The van der Waals surface area contributed by atoms with Crippen molar-refractivity contribution in [3.8, 4) is 11.1 Å². The molecule has 0 saturated carbocycles. The van der Waals surface area contributed by atoms with Crippen LogP contribution in [0.3, 0.4) is 0 Å². The fraction of sp³-hybridized carbons (Fsp3) is 0.267. The molecule has 21 heavy (non-hydrogen) atoms. The van der Waals surface area contributed by atoms with Gasteiger partial charge < -0.3 is 9.72 Å². The topological polar surface area (TPSA) is 42.1 Å². The van der Waals surface area contributed by atoms with Crippen LogP contribution in [0.4, 0.5) is 13.2 Å². The summed E-state index contributed by atoms with van der Waals surface area (Å²) in [5.74, 6) is -0.585. The highest BCUT2D eigenvalue weighted by Crippen LogP contribution is 2.34. The van der Waals surface area contributed by atoms with Gasteiger partial charge in [0.05, 0.1) is 12.2 Å². The van der Waals surface area contributed by atoms with Crippen LogP contribution in [0.15, 0.2) is 30.5 Å². The van der Waals surface area contributed by atoms with Crippen LogP contribution in [-0.4, -0.2) is 17.6 Å². The average Bonchev–Trinajstić information content (AvgIpc) is 2.80. The number of esters is 1. The highest BCUT2D eigenvalue weighted by Gasteiger charge is 2.31. The molecular formula is C15H14F3NO2. The number of carbonyl (C=O) groups excluding carboxylic acids is 1. The van der Waals surface area contributed by atoms with E-state index in [1.54, 1.807) is 20.0 Å². The van der Waals surface area contributed by atoms with Gasteiger partial charge >= 0.3 is 12.1 Å². The van der Waals surface area contributed by atoms with E-state index in [1.165, 1.54) is 12.1 Å². The van der Waals surface area contributed by atoms with Crippen molar-refractivity contribution in [1.82, 2.24) is 4.98 Å². The molecule has 0 saturated heterocycles. The first-order chi connectivity index (χ1) is 9.84. The fourth-order valence-corrected chi connectivity index (χ4v) is 2.11. The molecule has 1 aromatic carbocycles. The number of halogens is 3. The van der Waals surface area contributed by atoms with Crippen molar-refractivity contribution in [2.24, 2.45) is 0 Å². The molecular weight excluding hydrogens is 283 g/mol. The van der Waals surface area contributed by atoms with Gasteiger partial charge in [-0.05, 0) is 37.1 Å². The first kappa shape index (κ1) is 15.2. The number of H-pyrrole nitrogens is 1. The Kier molecular flexibility index (Phi) is 4.06. The van der Waals surface area contributed by atoms with Gasteiger partial charge in [-0.15, -0.1) is 0 Å². The largest absolute Gasteiger partial charge is 0.461 e. The number of benzene rings is 1. The van der Waals surface area contributed by atoms with E-state index in [2.05, 4.69) is 4.98 Å². The molecule has 0 amide bonds. The van der Waals surface area contributed by atoms with Gasteiger partial charge in [-0.25, -0.2) is 4.79 Å². The Morgan fingerprint density at radius 3 is 2.67 bits per heavy atom. The minimum Gasteiger partial charge on any atom is -0.461 e. The van der Waals surface area contributed by atoms with Gasteiger partial charge in [-0.3, -0.25) is 0 Å². The lowest BCUT2D eigenvalue weighted by atomic mass is 10.00. The van der Waals surface area contributed by atoms with Gasteiger partial charge in [0.25, 0.3) is 0 Å². The van der Waals surface area contributed by atoms with E-state index in [1.807, 2.05) is 0 Å². The molecule has 0 fully saturated rings. The summed E-state index contributed by atoms with van der Waals surface area (Å²) in [4.78, 5) is 14.6. The van der Waals surface area contributed by atoms with Crippen molar-refractivity contribution in [3.05, 3.63) is 47.3 Å². The molecule has 1 heterocycles. The van der Waals surface area contributed by atoms with Gasteiger partial charge in [0.15, 0.2) is 0 Å². The number of alkyl halides is 3. The summed E-state index contributed by atoms with van der Waals surface area (Å²) >= 11 is 0. The Labute approximate surface area is 119 Å². The molecule has 2 aromatic rings. The van der Waals surface area contributed by atoms with Gasteiger partial charge in [-0.2, -0.15) is 13.2 Å². The van der Waals surface area contributed by atoms with E-state index in [0.717, 1.165) is 12.1 Å². The number of hydrogen-bond donors (Lipinski definition) is 1. The second-order valence-electron chi connectivity index (χ2n) is 4.52. The van der Waals surface area contributed by atoms with Crippen molar-refractivity contribution >= 4 is 5.97 Å². The Bertz CT molecular complexity index is 659. The summed E-state index contributed by atoms with van der Waals surface area (Å²) in [5.41, 5.74) is 0.840. The lowest BCUT2D eigenvalue weighted by Crippen LogP contribution is -2.07. The Morgan fingerprint density at radius 2 is 2.05 bits per heavy atom. The zero-order valence-electron chi connectivity index (χ0n) is 11.5. The highest BCUT2D eigenvalue weighted by molar-refractivity contribution is 5.96. The number of ether oxygens (including phenoxy) is 1. The van der Waals surface area contributed by atoms with Crippen LogP contribution in [0.2, 0.25) is 0 Å². The highest BCUT2D eigenvalue weighted by atomic mass is 19.4. The van der Waals surface area contributed by atoms with Gasteiger partial charge in [-0.1, -0.05) is 12.1 Å². The minimum absolute atomic E-state index is 0.161. The van der Waals surface area contributed by atoms with Crippen molar-refractivity contribution in [3.63, 3.8) is 0 Å². The number of nitrogens with one attached hydrogen (secondary N) is 1. The third-order valence-electron chi connectivity index (χ3n) is 3.04. The van der Waals surface area contributed by atoms with E-state index in [4.69, 9.17) is 4.74 Å². The van der Waals surface area contributed by atoms with Crippen LogP contribution in [0.1, 0.15) is 28.5 Å². The summed E-state index contributed by atoms with van der Waals surface area (Å²) in [6.45, 7) is 3.57. The normalized spacial score (nSPS) is 11.5. The number of hydrogen-bond acceptors (Lipinski definition) is 2. The summed E-state index contributed by atoms with van der Waals surface area (Å²) in [5, 5.41) is 0. The lowest BCUT2D eigenvalue weighted by Gasteiger charge is -2.10. The number of carbonyl (C=O) groups is 1. The summed E-state index contributed by atoms with van der Waals surface area (Å²) in [6, 6.07) is 4.88. The molecule has 1 N–H and O–H groups in total. The second-order valence-corrected chi connectivity index (χ2v) is 4.52. The molecule has 0 atom stereocenters. The van der Waals surface area contributed by atoms with Crippen molar-refractivity contribution < 1.29 is 22.7 Å². The lowest BCUT2D eigenvalue weighted by molar-refractivity contribution is -0.137. The SMILES string of the molecule is CCOC(=O)c1[nH]cc(C)c1-c1cccc(C(F)(F)F)c1. The van der Waals surface area contributed by atoms with E-state index in [0.29, 0.717) is 16.7 Å². The van der Waals surface area contributed by atoms with Gasteiger partial charge in [0, 0.05) is 11.8 Å². The average molecular weight is 297 g/mol. The van der Waals surface area contributed by atoms with Crippen LogP contribution in [0, 0.1) is 6.92 Å². The first-order valence-corrected chi connectivity index (χ1v) is 6.37. The molecule has 0 aliphatic carbocycles.